The molecular weight excluding hydrogens is 223 g/mol. The monoisotopic (exact) mass is 236 g/mol. The van der Waals surface area contributed by atoms with E-state index in [1.165, 1.54) is 13.2 Å². The molecule has 2 N–H and O–H groups in total. The lowest BCUT2D eigenvalue weighted by Gasteiger charge is -2.03. The number of hydrogen-bond donors (Lipinski definition) is 1. The fraction of sp³-hybridized carbons (Fsp3) is 0.250. The Balaban J connectivity index is 2.49. The molecule has 4 nitrogen and oxygen atoms in total. The Morgan fingerprint density at radius 3 is 2.82 bits per heavy atom. The summed E-state index contributed by atoms with van der Waals surface area (Å²) in [6.07, 6.45) is 0.646. The molecular formula is C12H13FN2O2. The predicted octanol–water partition coefficient (Wildman–Crippen LogP) is 2.63. The smallest absolute Gasteiger partial charge is 0.292 e. The van der Waals surface area contributed by atoms with Crippen molar-refractivity contribution < 1.29 is 13.5 Å². The molecule has 0 amide bonds. The van der Waals surface area contributed by atoms with Crippen LogP contribution in [-0.2, 0) is 6.42 Å². The summed E-state index contributed by atoms with van der Waals surface area (Å²) >= 11 is 0. The zero-order valence-electron chi connectivity index (χ0n) is 9.66. The van der Waals surface area contributed by atoms with Gasteiger partial charge < -0.3 is 14.9 Å². The molecule has 0 fully saturated rings. The standard InChI is InChI=1S/C12H13FN2O2/c1-3-9-11(15-12(14)17-9)7-4-5-10(16-2)8(13)6-7/h4-6H,3H2,1-2H3,(H2,14,15). The normalized spacial score (nSPS) is 10.5. The van der Waals surface area contributed by atoms with Gasteiger partial charge in [0.2, 0.25) is 0 Å². The van der Waals surface area contributed by atoms with Gasteiger partial charge in [-0.05, 0) is 18.2 Å². The van der Waals surface area contributed by atoms with Crippen LogP contribution in [0.2, 0.25) is 0 Å². The number of aromatic nitrogens is 1. The number of aryl methyl sites for hydroxylation is 1. The molecule has 0 aliphatic heterocycles. The number of benzene rings is 1. The van der Waals surface area contributed by atoms with E-state index < -0.39 is 5.82 Å². The van der Waals surface area contributed by atoms with E-state index >= 15 is 0 Å². The van der Waals surface area contributed by atoms with Crippen LogP contribution in [0, 0.1) is 5.82 Å². The van der Waals surface area contributed by atoms with Crippen LogP contribution in [0.5, 0.6) is 5.75 Å². The van der Waals surface area contributed by atoms with Gasteiger partial charge in [-0.3, -0.25) is 0 Å². The van der Waals surface area contributed by atoms with Crippen LogP contribution in [0.25, 0.3) is 11.3 Å². The number of oxazole rings is 1. The molecule has 0 saturated heterocycles. The molecule has 1 aromatic heterocycles. The SMILES string of the molecule is CCc1oc(N)nc1-c1ccc(OC)c(F)c1. The second kappa shape index (κ2) is 4.45. The first-order chi connectivity index (χ1) is 8.15. The molecule has 0 aliphatic carbocycles. The molecule has 0 radical (unpaired) electrons. The second-order valence-corrected chi connectivity index (χ2v) is 3.53. The van der Waals surface area contributed by atoms with Crippen molar-refractivity contribution in [1.82, 2.24) is 4.98 Å². The van der Waals surface area contributed by atoms with E-state index in [-0.39, 0.29) is 11.8 Å². The Morgan fingerprint density at radius 2 is 2.24 bits per heavy atom. The Labute approximate surface area is 98.2 Å². The topological polar surface area (TPSA) is 61.3 Å². The number of methoxy groups -OCH3 is 1. The molecule has 0 aliphatic rings. The van der Waals surface area contributed by atoms with Gasteiger partial charge in [-0.15, -0.1) is 0 Å². The summed E-state index contributed by atoms with van der Waals surface area (Å²) in [5, 5.41) is 0. The van der Waals surface area contributed by atoms with E-state index in [2.05, 4.69) is 4.98 Å². The number of halogens is 1. The Hall–Kier alpha value is -2.04. The first kappa shape index (κ1) is 11.4. The van der Waals surface area contributed by atoms with Gasteiger partial charge in [-0.25, -0.2) is 4.39 Å². The number of hydrogen-bond acceptors (Lipinski definition) is 4. The number of nitrogen functional groups attached to an aromatic ring is 1. The molecule has 90 valence electrons. The van der Waals surface area contributed by atoms with Crippen LogP contribution >= 0.6 is 0 Å². The fourth-order valence-corrected chi connectivity index (χ4v) is 1.65. The maximum atomic E-state index is 13.6. The highest BCUT2D eigenvalue weighted by Gasteiger charge is 2.14. The van der Waals surface area contributed by atoms with Crippen LogP contribution in [0.3, 0.4) is 0 Å². The molecule has 0 spiro atoms. The highest BCUT2D eigenvalue weighted by atomic mass is 19.1. The van der Waals surface area contributed by atoms with E-state index in [0.29, 0.717) is 23.4 Å². The largest absolute Gasteiger partial charge is 0.494 e. The zero-order valence-corrected chi connectivity index (χ0v) is 9.66. The summed E-state index contributed by atoms with van der Waals surface area (Å²) in [6, 6.07) is 4.72. The van der Waals surface area contributed by atoms with Crippen molar-refractivity contribution in [2.24, 2.45) is 0 Å². The number of nitrogens with zero attached hydrogens (tertiary/aromatic N) is 1. The molecule has 0 atom stereocenters. The van der Waals surface area contributed by atoms with Crippen molar-refractivity contribution >= 4 is 6.01 Å². The Kier molecular flexibility index (Phi) is 2.99. The fourth-order valence-electron chi connectivity index (χ4n) is 1.65. The first-order valence-electron chi connectivity index (χ1n) is 5.24. The van der Waals surface area contributed by atoms with Gasteiger partial charge in [0, 0.05) is 12.0 Å². The third-order valence-corrected chi connectivity index (χ3v) is 2.46. The van der Waals surface area contributed by atoms with Crippen molar-refractivity contribution in [3.8, 4) is 17.0 Å². The zero-order chi connectivity index (χ0) is 12.4. The minimum Gasteiger partial charge on any atom is -0.494 e. The van der Waals surface area contributed by atoms with Crippen molar-refractivity contribution in [2.45, 2.75) is 13.3 Å². The van der Waals surface area contributed by atoms with E-state index in [1.54, 1.807) is 12.1 Å². The minimum absolute atomic E-state index is 0.0908. The predicted molar refractivity (Wildman–Crippen MR) is 62.2 cm³/mol. The average molecular weight is 236 g/mol. The van der Waals surface area contributed by atoms with Gasteiger partial charge in [0.1, 0.15) is 11.5 Å². The van der Waals surface area contributed by atoms with Crippen molar-refractivity contribution in [1.29, 1.82) is 0 Å². The third kappa shape index (κ3) is 2.08. The summed E-state index contributed by atoms with van der Waals surface area (Å²) in [7, 11) is 1.42. The highest BCUT2D eigenvalue weighted by Crippen LogP contribution is 2.28. The minimum atomic E-state index is -0.436. The van der Waals surface area contributed by atoms with Crippen LogP contribution in [-0.4, -0.2) is 12.1 Å². The van der Waals surface area contributed by atoms with Crippen molar-refractivity contribution in [2.75, 3.05) is 12.8 Å². The first-order valence-corrected chi connectivity index (χ1v) is 5.24. The van der Waals surface area contributed by atoms with Crippen molar-refractivity contribution in [3.05, 3.63) is 29.8 Å². The van der Waals surface area contributed by atoms with Crippen LogP contribution in [0.15, 0.2) is 22.6 Å². The van der Waals surface area contributed by atoms with Gasteiger partial charge in [-0.1, -0.05) is 6.92 Å². The second-order valence-electron chi connectivity index (χ2n) is 3.53. The van der Waals surface area contributed by atoms with Crippen molar-refractivity contribution in [3.63, 3.8) is 0 Å². The summed E-state index contributed by atoms with van der Waals surface area (Å²) in [5.74, 6) is 0.406. The van der Waals surface area contributed by atoms with E-state index in [1.807, 2.05) is 6.92 Å². The lowest BCUT2D eigenvalue weighted by atomic mass is 10.1. The van der Waals surface area contributed by atoms with Gasteiger partial charge >= 0.3 is 0 Å². The quantitative estimate of drug-likeness (QED) is 0.889. The molecule has 1 heterocycles. The lowest BCUT2D eigenvalue weighted by Crippen LogP contribution is -1.90. The molecule has 17 heavy (non-hydrogen) atoms. The van der Waals surface area contributed by atoms with E-state index in [9.17, 15) is 4.39 Å². The molecule has 0 unspecified atom stereocenters. The lowest BCUT2D eigenvalue weighted by molar-refractivity contribution is 0.386. The summed E-state index contributed by atoms with van der Waals surface area (Å²) < 4.78 is 23.6. The molecule has 1 aromatic carbocycles. The van der Waals surface area contributed by atoms with Crippen LogP contribution in [0.4, 0.5) is 10.4 Å². The molecule has 2 aromatic rings. The summed E-state index contributed by atoms with van der Waals surface area (Å²) in [4.78, 5) is 4.05. The van der Waals surface area contributed by atoms with Crippen LogP contribution < -0.4 is 10.5 Å². The summed E-state index contributed by atoms with van der Waals surface area (Å²) in [5.41, 5.74) is 6.69. The van der Waals surface area contributed by atoms with E-state index in [4.69, 9.17) is 14.9 Å². The van der Waals surface area contributed by atoms with Gasteiger partial charge in [-0.2, -0.15) is 4.98 Å². The molecule has 0 saturated carbocycles. The van der Waals surface area contributed by atoms with E-state index in [0.717, 1.165) is 0 Å². The molecule has 0 bridgehead atoms. The number of rotatable bonds is 3. The third-order valence-electron chi connectivity index (χ3n) is 2.46. The molecule has 2 rings (SSSR count). The summed E-state index contributed by atoms with van der Waals surface area (Å²) in [6.45, 7) is 1.92. The maximum Gasteiger partial charge on any atom is 0.292 e. The maximum absolute atomic E-state index is 13.6. The molecule has 5 heteroatoms. The van der Waals surface area contributed by atoms with Gasteiger partial charge in [0.15, 0.2) is 11.6 Å². The number of anilines is 1. The average Bonchev–Trinajstić information content (AvgIpc) is 2.70. The van der Waals surface area contributed by atoms with Gasteiger partial charge in [0.25, 0.3) is 6.01 Å². The van der Waals surface area contributed by atoms with Crippen LogP contribution in [0.1, 0.15) is 12.7 Å². The van der Waals surface area contributed by atoms with Gasteiger partial charge in [0.05, 0.1) is 7.11 Å². The Bertz CT molecular complexity index is 537. The number of nitrogens with two attached hydrogens (primary N) is 1. The Morgan fingerprint density at radius 1 is 1.47 bits per heavy atom. The highest BCUT2D eigenvalue weighted by molar-refractivity contribution is 5.63. The number of ether oxygens (including phenoxy) is 1.